The number of hydrogen-bond acceptors (Lipinski definition) is 3. The molecule has 5 heteroatoms. The molecule has 114 valence electrons. The van der Waals surface area contributed by atoms with Crippen molar-refractivity contribution in [1.29, 1.82) is 0 Å². The Labute approximate surface area is 127 Å². The molecule has 0 radical (unpaired) electrons. The molecule has 0 aliphatic carbocycles. The zero-order chi connectivity index (χ0) is 15.4. The van der Waals surface area contributed by atoms with Gasteiger partial charge in [-0.2, -0.15) is 0 Å². The second-order valence-corrected chi connectivity index (χ2v) is 4.95. The fourth-order valence-corrected chi connectivity index (χ4v) is 2.29. The number of halogens is 1. The van der Waals surface area contributed by atoms with Gasteiger partial charge in [-0.3, -0.25) is 4.79 Å². The third-order valence-corrected chi connectivity index (χ3v) is 3.48. The third-order valence-electron chi connectivity index (χ3n) is 3.48. The molecule has 0 bridgehead atoms. The number of hydrogen-bond donors (Lipinski definition) is 0. The molecule has 1 saturated heterocycles. The van der Waals surface area contributed by atoms with Crippen LogP contribution in [0.15, 0.2) is 46.9 Å². The predicted molar refractivity (Wildman–Crippen MR) is 80.5 cm³/mol. The van der Waals surface area contributed by atoms with Crippen LogP contribution in [-0.2, 0) is 9.53 Å². The molecule has 2 aromatic rings. The van der Waals surface area contributed by atoms with Crippen LogP contribution in [0.2, 0.25) is 0 Å². The van der Waals surface area contributed by atoms with Crippen molar-refractivity contribution in [3.05, 3.63) is 54.1 Å². The van der Waals surface area contributed by atoms with E-state index in [1.54, 1.807) is 41.3 Å². The van der Waals surface area contributed by atoms with Crippen LogP contribution in [0.5, 0.6) is 0 Å². The Hall–Kier alpha value is -2.40. The third kappa shape index (κ3) is 3.26. The van der Waals surface area contributed by atoms with Crippen molar-refractivity contribution < 1.29 is 18.3 Å². The number of rotatable bonds is 3. The molecule has 2 heterocycles. The lowest BCUT2D eigenvalue weighted by Gasteiger charge is -2.25. The number of carbonyl (C=O) groups excluding carboxylic acids is 1. The summed E-state index contributed by atoms with van der Waals surface area (Å²) in [6, 6.07) is 9.82. The van der Waals surface area contributed by atoms with Crippen LogP contribution in [0.4, 0.5) is 4.39 Å². The highest BCUT2D eigenvalue weighted by atomic mass is 19.1. The highest BCUT2D eigenvalue weighted by Gasteiger charge is 2.14. The number of nitrogens with zero attached hydrogens (tertiary/aromatic N) is 1. The van der Waals surface area contributed by atoms with Crippen LogP contribution in [-0.4, -0.2) is 37.1 Å². The Morgan fingerprint density at radius 2 is 1.91 bits per heavy atom. The smallest absolute Gasteiger partial charge is 0.246 e. The monoisotopic (exact) mass is 301 g/mol. The van der Waals surface area contributed by atoms with E-state index < -0.39 is 0 Å². The second-order valence-electron chi connectivity index (χ2n) is 4.95. The van der Waals surface area contributed by atoms with Crippen LogP contribution in [0, 0.1) is 5.82 Å². The van der Waals surface area contributed by atoms with Gasteiger partial charge in [0.15, 0.2) is 0 Å². The average Bonchev–Trinajstić information content (AvgIpc) is 3.02. The van der Waals surface area contributed by atoms with Gasteiger partial charge in [-0.15, -0.1) is 0 Å². The summed E-state index contributed by atoms with van der Waals surface area (Å²) in [5.41, 5.74) is 0.404. The van der Waals surface area contributed by atoms with Gasteiger partial charge in [0.25, 0.3) is 0 Å². The zero-order valence-corrected chi connectivity index (χ0v) is 12.0. The molecule has 0 saturated carbocycles. The van der Waals surface area contributed by atoms with E-state index in [1.165, 1.54) is 12.1 Å². The highest BCUT2D eigenvalue weighted by Crippen LogP contribution is 2.25. The van der Waals surface area contributed by atoms with E-state index in [0.717, 1.165) is 0 Å². The SMILES string of the molecule is O=C(C=Cc1ccc(-c2ccccc2F)o1)N1CCOCC1. The zero-order valence-electron chi connectivity index (χ0n) is 12.0. The molecule has 3 rings (SSSR count). The molecule has 1 aliphatic rings. The second kappa shape index (κ2) is 6.58. The van der Waals surface area contributed by atoms with Crippen molar-refractivity contribution in [1.82, 2.24) is 4.90 Å². The molecule has 1 amide bonds. The Morgan fingerprint density at radius 1 is 1.14 bits per heavy atom. The fraction of sp³-hybridized carbons (Fsp3) is 0.235. The van der Waals surface area contributed by atoms with Gasteiger partial charge in [-0.1, -0.05) is 12.1 Å². The van der Waals surface area contributed by atoms with Gasteiger partial charge >= 0.3 is 0 Å². The number of morpholine rings is 1. The molecular formula is C17H16FNO3. The summed E-state index contributed by atoms with van der Waals surface area (Å²) in [7, 11) is 0. The lowest BCUT2D eigenvalue weighted by molar-refractivity contribution is -0.129. The minimum absolute atomic E-state index is 0.0767. The molecule has 0 unspecified atom stereocenters. The van der Waals surface area contributed by atoms with Crippen molar-refractivity contribution in [3.8, 4) is 11.3 Å². The first-order valence-electron chi connectivity index (χ1n) is 7.13. The van der Waals surface area contributed by atoms with Crippen molar-refractivity contribution in [2.24, 2.45) is 0 Å². The molecule has 0 N–H and O–H groups in total. The number of benzene rings is 1. The molecular weight excluding hydrogens is 285 g/mol. The Kier molecular flexibility index (Phi) is 4.34. The minimum Gasteiger partial charge on any atom is -0.457 e. The first-order chi connectivity index (χ1) is 10.7. The molecule has 1 aliphatic heterocycles. The summed E-state index contributed by atoms with van der Waals surface area (Å²) in [4.78, 5) is 13.7. The predicted octanol–water partition coefficient (Wildman–Crippen LogP) is 2.96. The van der Waals surface area contributed by atoms with E-state index >= 15 is 0 Å². The van der Waals surface area contributed by atoms with Gasteiger partial charge in [-0.05, 0) is 30.3 Å². The lowest BCUT2D eigenvalue weighted by atomic mass is 10.1. The summed E-state index contributed by atoms with van der Waals surface area (Å²) in [5.74, 6) is 0.542. The largest absolute Gasteiger partial charge is 0.457 e. The van der Waals surface area contributed by atoms with Crippen LogP contribution >= 0.6 is 0 Å². The van der Waals surface area contributed by atoms with Gasteiger partial charge in [-0.25, -0.2) is 4.39 Å². The molecule has 0 spiro atoms. The van der Waals surface area contributed by atoms with E-state index in [0.29, 0.717) is 43.4 Å². The van der Waals surface area contributed by atoms with Crippen LogP contribution < -0.4 is 0 Å². The summed E-state index contributed by atoms with van der Waals surface area (Å²) in [5, 5.41) is 0. The van der Waals surface area contributed by atoms with E-state index in [9.17, 15) is 9.18 Å². The van der Waals surface area contributed by atoms with E-state index in [-0.39, 0.29) is 11.7 Å². The van der Waals surface area contributed by atoms with Crippen LogP contribution in [0.3, 0.4) is 0 Å². The first-order valence-corrected chi connectivity index (χ1v) is 7.13. The molecule has 1 fully saturated rings. The van der Waals surface area contributed by atoms with E-state index in [4.69, 9.17) is 9.15 Å². The van der Waals surface area contributed by atoms with Gasteiger partial charge in [0.1, 0.15) is 17.3 Å². The van der Waals surface area contributed by atoms with Gasteiger partial charge < -0.3 is 14.1 Å². The summed E-state index contributed by atoms with van der Waals surface area (Å²) >= 11 is 0. The summed E-state index contributed by atoms with van der Waals surface area (Å²) < 4.78 is 24.5. The van der Waals surface area contributed by atoms with Crippen molar-refractivity contribution in [2.45, 2.75) is 0 Å². The van der Waals surface area contributed by atoms with Gasteiger partial charge in [0.2, 0.25) is 5.91 Å². The van der Waals surface area contributed by atoms with Crippen LogP contribution in [0.1, 0.15) is 5.76 Å². The number of amides is 1. The lowest BCUT2D eigenvalue weighted by Crippen LogP contribution is -2.39. The molecule has 22 heavy (non-hydrogen) atoms. The quantitative estimate of drug-likeness (QED) is 0.819. The summed E-state index contributed by atoms with van der Waals surface area (Å²) in [6.07, 6.45) is 3.07. The molecule has 4 nitrogen and oxygen atoms in total. The Morgan fingerprint density at radius 3 is 2.68 bits per heavy atom. The first kappa shape index (κ1) is 14.5. The maximum absolute atomic E-state index is 13.7. The number of furan rings is 1. The Balaban J connectivity index is 1.70. The maximum Gasteiger partial charge on any atom is 0.246 e. The van der Waals surface area contributed by atoms with E-state index in [2.05, 4.69) is 0 Å². The van der Waals surface area contributed by atoms with Crippen molar-refractivity contribution in [2.75, 3.05) is 26.3 Å². The van der Waals surface area contributed by atoms with Gasteiger partial charge in [0, 0.05) is 19.2 Å². The maximum atomic E-state index is 13.7. The highest BCUT2D eigenvalue weighted by molar-refractivity contribution is 5.91. The fourth-order valence-electron chi connectivity index (χ4n) is 2.29. The number of ether oxygens (including phenoxy) is 1. The molecule has 1 aromatic carbocycles. The standard InChI is InChI=1S/C17H16FNO3/c18-15-4-2-1-3-14(15)16-7-5-13(22-16)6-8-17(20)19-9-11-21-12-10-19/h1-8H,9-12H2. The van der Waals surface area contributed by atoms with Gasteiger partial charge in [0.05, 0.1) is 18.8 Å². The topological polar surface area (TPSA) is 42.7 Å². The normalized spacial score (nSPS) is 15.4. The average molecular weight is 301 g/mol. The van der Waals surface area contributed by atoms with Crippen molar-refractivity contribution in [3.63, 3.8) is 0 Å². The molecule has 1 aromatic heterocycles. The summed E-state index contributed by atoms with van der Waals surface area (Å²) in [6.45, 7) is 2.33. The Bertz CT molecular complexity index is 687. The minimum atomic E-state index is -0.336. The number of carbonyl (C=O) groups is 1. The van der Waals surface area contributed by atoms with Crippen molar-refractivity contribution >= 4 is 12.0 Å². The van der Waals surface area contributed by atoms with E-state index in [1.807, 2.05) is 0 Å². The van der Waals surface area contributed by atoms with Crippen LogP contribution in [0.25, 0.3) is 17.4 Å². The molecule has 0 atom stereocenters.